The van der Waals surface area contributed by atoms with Crippen LogP contribution in [0.25, 0.3) is 0 Å². The lowest BCUT2D eigenvalue weighted by Crippen LogP contribution is -2.38. The molecule has 0 fully saturated rings. The highest BCUT2D eigenvalue weighted by Gasteiger charge is 2.25. The molecule has 0 aliphatic carbocycles. The van der Waals surface area contributed by atoms with E-state index >= 15 is 0 Å². The van der Waals surface area contributed by atoms with Gasteiger partial charge in [-0.15, -0.1) is 0 Å². The van der Waals surface area contributed by atoms with Gasteiger partial charge in [-0.05, 0) is 31.2 Å². The second-order valence-corrected chi connectivity index (χ2v) is 5.95. The monoisotopic (exact) mass is 391 g/mol. The number of nitrogens with zero attached hydrogens (tertiary/aromatic N) is 2. The number of likely N-dealkylation sites (N-methyl/N-ethyl adjacent to an activating group) is 1. The number of hydrogen-bond acceptors (Lipinski definition) is 5. The molecule has 0 aliphatic rings. The Bertz CT molecular complexity index is 872. The maximum atomic E-state index is 12.7. The van der Waals surface area contributed by atoms with Gasteiger partial charge in [-0.3, -0.25) is 19.7 Å². The average Bonchev–Trinajstić information content (AvgIpc) is 2.65. The number of halogens is 1. The number of nitro groups is 1. The molecule has 0 saturated heterocycles. The van der Waals surface area contributed by atoms with Crippen LogP contribution in [0.4, 0.5) is 11.4 Å². The summed E-state index contributed by atoms with van der Waals surface area (Å²) in [6, 6.07) is 10.6. The molecule has 8 nitrogen and oxygen atoms in total. The molecule has 0 atom stereocenters. The fraction of sp³-hybridized carbons (Fsp3) is 0.222. The van der Waals surface area contributed by atoms with Gasteiger partial charge < -0.3 is 15.0 Å². The number of ether oxygens (including phenoxy) is 1. The molecule has 9 heteroatoms. The number of methoxy groups -OCH3 is 1. The minimum absolute atomic E-state index is 0.125. The lowest BCUT2D eigenvalue weighted by molar-refractivity contribution is -0.385. The first-order valence-electron chi connectivity index (χ1n) is 8.02. The van der Waals surface area contributed by atoms with Crippen LogP contribution in [0.3, 0.4) is 0 Å². The van der Waals surface area contributed by atoms with E-state index in [4.69, 9.17) is 16.3 Å². The van der Waals surface area contributed by atoms with Gasteiger partial charge in [-0.1, -0.05) is 17.7 Å². The van der Waals surface area contributed by atoms with Crippen molar-refractivity contribution >= 4 is 34.8 Å². The van der Waals surface area contributed by atoms with Gasteiger partial charge in [0.05, 0.1) is 12.0 Å². The van der Waals surface area contributed by atoms with Gasteiger partial charge in [0.1, 0.15) is 17.9 Å². The average molecular weight is 392 g/mol. The van der Waals surface area contributed by atoms with E-state index in [1.54, 1.807) is 31.2 Å². The van der Waals surface area contributed by atoms with Crippen molar-refractivity contribution in [3.8, 4) is 5.75 Å². The number of nitro benzene ring substituents is 1. The van der Waals surface area contributed by atoms with Crippen molar-refractivity contribution in [2.45, 2.75) is 6.92 Å². The predicted molar refractivity (Wildman–Crippen MR) is 101 cm³/mol. The third-order valence-corrected chi connectivity index (χ3v) is 3.98. The fourth-order valence-electron chi connectivity index (χ4n) is 2.41. The quantitative estimate of drug-likeness (QED) is 0.576. The van der Waals surface area contributed by atoms with Crippen LogP contribution in [0, 0.1) is 10.1 Å². The van der Waals surface area contributed by atoms with E-state index in [-0.39, 0.29) is 23.7 Å². The summed E-state index contributed by atoms with van der Waals surface area (Å²) >= 11 is 5.77. The predicted octanol–water partition coefficient (Wildman–Crippen LogP) is 3.36. The fourth-order valence-corrected chi connectivity index (χ4v) is 2.58. The number of hydrogen-bond donors (Lipinski definition) is 1. The van der Waals surface area contributed by atoms with Gasteiger partial charge in [0.15, 0.2) is 0 Å². The summed E-state index contributed by atoms with van der Waals surface area (Å²) in [6.07, 6.45) is 0. The Kier molecular flexibility index (Phi) is 6.73. The van der Waals surface area contributed by atoms with Crippen LogP contribution in [0.5, 0.6) is 5.75 Å². The van der Waals surface area contributed by atoms with Gasteiger partial charge in [0.2, 0.25) is 5.91 Å². The number of rotatable bonds is 7. The molecule has 1 N–H and O–H groups in total. The van der Waals surface area contributed by atoms with Crippen LogP contribution < -0.4 is 10.1 Å². The maximum Gasteiger partial charge on any atom is 0.283 e. The Labute approximate surface area is 160 Å². The second kappa shape index (κ2) is 9.00. The van der Waals surface area contributed by atoms with E-state index in [0.29, 0.717) is 11.4 Å². The maximum absolute atomic E-state index is 12.7. The number of amides is 2. The third kappa shape index (κ3) is 5.18. The van der Waals surface area contributed by atoms with Crippen LogP contribution >= 0.6 is 11.6 Å². The molecule has 0 aromatic heterocycles. The summed E-state index contributed by atoms with van der Waals surface area (Å²) in [4.78, 5) is 36.7. The summed E-state index contributed by atoms with van der Waals surface area (Å²) in [5, 5.41) is 14.0. The molecule has 142 valence electrons. The molecule has 2 rings (SSSR count). The van der Waals surface area contributed by atoms with E-state index in [9.17, 15) is 19.7 Å². The van der Waals surface area contributed by atoms with Crippen LogP contribution in [0.1, 0.15) is 17.3 Å². The zero-order valence-electron chi connectivity index (χ0n) is 14.8. The highest BCUT2D eigenvalue weighted by atomic mass is 35.5. The Morgan fingerprint density at radius 1 is 1.26 bits per heavy atom. The zero-order chi connectivity index (χ0) is 20.0. The molecule has 2 amide bonds. The molecule has 0 aliphatic heterocycles. The van der Waals surface area contributed by atoms with Crippen molar-refractivity contribution in [2.75, 3.05) is 25.5 Å². The topological polar surface area (TPSA) is 102 Å². The van der Waals surface area contributed by atoms with Crippen LogP contribution in [-0.2, 0) is 4.79 Å². The van der Waals surface area contributed by atoms with E-state index in [2.05, 4.69) is 5.32 Å². The molecule has 0 bridgehead atoms. The van der Waals surface area contributed by atoms with Crippen molar-refractivity contribution in [3.63, 3.8) is 0 Å². The van der Waals surface area contributed by atoms with Crippen molar-refractivity contribution < 1.29 is 19.2 Å². The number of anilines is 1. The van der Waals surface area contributed by atoms with Crippen molar-refractivity contribution in [1.29, 1.82) is 0 Å². The van der Waals surface area contributed by atoms with E-state index < -0.39 is 22.4 Å². The standard InChI is InChI=1S/C18H18ClN3O5/c1-3-21(11-17(23)20-13-5-4-6-14(10-13)27-2)18(24)15-8-7-12(19)9-16(15)22(25)26/h4-10H,3,11H2,1-2H3,(H,20,23). The van der Waals surface area contributed by atoms with Crippen LogP contribution in [-0.4, -0.2) is 41.8 Å². The third-order valence-electron chi connectivity index (χ3n) is 3.74. The number of nitrogens with one attached hydrogen (secondary N) is 1. The molecule has 0 spiro atoms. The first-order chi connectivity index (χ1) is 12.8. The second-order valence-electron chi connectivity index (χ2n) is 5.52. The van der Waals surface area contributed by atoms with Crippen LogP contribution in [0.2, 0.25) is 5.02 Å². The molecular weight excluding hydrogens is 374 g/mol. The van der Waals surface area contributed by atoms with Gasteiger partial charge >= 0.3 is 0 Å². The summed E-state index contributed by atoms with van der Waals surface area (Å²) < 4.78 is 5.09. The molecule has 2 aromatic rings. The van der Waals surface area contributed by atoms with Gasteiger partial charge in [-0.25, -0.2) is 0 Å². The SMILES string of the molecule is CCN(CC(=O)Nc1cccc(OC)c1)C(=O)c1ccc(Cl)cc1[N+](=O)[O-]. The number of benzene rings is 2. The highest BCUT2D eigenvalue weighted by molar-refractivity contribution is 6.31. The molecule has 0 heterocycles. The molecule has 0 radical (unpaired) electrons. The lowest BCUT2D eigenvalue weighted by atomic mass is 10.1. The smallest absolute Gasteiger partial charge is 0.283 e. The van der Waals surface area contributed by atoms with Crippen molar-refractivity contribution in [3.05, 3.63) is 63.2 Å². The summed E-state index contributed by atoms with van der Waals surface area (Å²) in [5.41, 5.74) is -0.0140. The first kappa shape index (κ1) is 20.2. The largest absolute Gasteiger partial charge is 0.497 e. The van der Waals surface area contributed by atoms with Gasteiger partial charge in [0.25, 0.3) is 11.6 Å². The Balaban J connectivity index is 2.15. The van der Waals surface area contributed by atoms with Crippen molar-refractivity contribution in [1.82, 2.24) is 4.90 Å². The van der Waals surface area contributed by atoms with Crippen LogP contribution in [0.15, 0.2) is 42.5 Å². The van der Waals surface area contributed by atoms with Gasteiger partial charge in [-0.2, -0.15) is 0 Å². The minimum atomic E-state index is -0.677. The zero-order valence-corrected chi connectivity index (χ0v) is 15.5. The molecule has 0 unspecified atom stereocenters. The lowest BCUT2D eigenvalue weighted by Gasteiger charge is -2.20. The van der Waals surface area contributed by atoms with E-state index in [0.717, 1.165) is 6.07 Å². The Morgan fingerprint density at radius 3 is 2.63 bits per heavy atom. The first-order valence-corrected chi connectivity index (χ1v) is 8.40. The summed E-state index contributed by atoms with van der Waals surface area (Å²) in [7, 11) is 1.51. The van der Waals surface area contributed by atoms with E-state index in [1.165, 1.54) is 24.1 Å². The minimum Gasteiger partial charge on any atom is -0.497 e. The molecule has 27 heavy (non-hydrogen) atoms. The summed E-state index contributed by atoms with van der Waals surface area (Å²) in [6.45, 7) is 1.62. The van der Waals surface area contributed by atoms with Gasteiger partial charge in [0, 0.05) is 29.4 Å². The summed E-state index contributed by atoms with van der Waals surface area (Å²) in [5.74, 6) is -0.482. The van der Waals surface area contributed by atoms with Crippen molar-refractivity contribution in [2.24, 2.45) is 0 Å². The van der Waals surface area contributed by atoms with E-state index in [1.807, 2.05) is 0 Å². The molecule has 2 aromatic carbocycles. The Morgan fingerprint density at radius 2 is 2.00 bits per heavy atom. The molecular formula is C18H18ClN3O5. The molecule has 0 saturated carbocycles. The normalized spacial score (nSPS) is 10.2. The Hall–Kier alpha value is -3.13. The highest BCUT2D eigenvalue weighted by Crippen LogP contribution is 2.24. The number of carbonyl (C=O) groups is 2. The number of carbonyl (C=O) groups excluding carboxylic acids is 2.